The Balaban J connectivity index is 1.32. The van der Waals surface area contributed by atoms with Gasteiger partial charge in [0.05, 0.1) is 4.92 Å². The minimum Gasteiger partial charge on any atom is -0.379 e. The lowest BCUT2D eigenvalue weighted by Crippen LogP contribution is -2.22. The highest BCUT2D eigenvalue weighted by atomic mass is 32.2. The van der Waals surface area contributed by atoms with Crippen LogP contribution >= 0.6 is 0 Å². The molecular weight excluding hydrogens is 470 g/mol. The summed E-state index contributed by atoms with van der Waals surface area (Å²) in [6, 6.07) is 18.4. The number of nitro groups is 1. The fraction of sp³-hybridized carbons (Fsp3) is 0.240. The van der Waals surface area contributed by atoms with Crippen molar-refractivity contribution in [3.63, 3.8) is 0 Å². The van der Waals surface area contributed by atoms with Crippen LogP contribution in [0.5, 0.6) is 5.75 Å². The summed E-state index contributed by atoms with van der Waals surface area (Å²) in [6.07, 6.45) is 2.51. The molecular formula is C25H25N3O6S. The van der Waals surface area contributed by atoms with Crippen LogP contribution in [0.3, 0.4) is 0 Å². The van der Waals surface area contributed by atoms with Crippen molar-refractivity contribution < 1.29 is 22.3 Å². The highest BCUT2D eigenvalue weighted by molar-refractivity contribution is 7.87. The van der Waals surface area contributed by atoms with E-state index in [-0.39, 0.29) is 22.2 Å². The van der Waals surface area contributed by atoms with Crippen LogP contribution in [-0.2, 0) is 23.2 Å². The topological polar surface area (TPSA) is 119 Å². The zero-order chi connectivity index (χ0) is 24.8. The molecule has 35 heavy (non-hydrogen) atoms. The van der Waals surface area contributed by atoms with Gasteiger partial charge in [-0.2, -0.15) is 8.42 Å². The Labute approximate surface area is 203 Å². The van der Waals surface area contributed by atoms with Gasteiger partial charge in [0, 0.05) is 30.8 Å². The molecule has 0 saturated carbocycles. The molecule has 1 fully saturated rings. The second-order valence-corrected chi connectivity index (χ2v) is 9.85. The van der Waals surface area contributed by atoms with Crippen molar-refractivity contribution in [3.8, 4) is 5.75 Å². The third-order valence-corrected chi connectivity index (χ3v) is 6.96. The highest BCUT2D eigenvalue weighted by Crippen LogP contribution is 2.22. The van der Waals surface area contributed by atoms with E-state index >= 15 is 0 Å². The van der Waals surface area contributed by atoms with Crippen LogP contribution in [0.1, 0.15) is 34.3 Å². The maximum Gasteiger partial charge on any atom is 0.339 e. The first-order valence-electron chi connectivity index (χ1n) is 11.2. The molecule has 10 heteroatoms. The quantitative estimate of drug-likeness (QED) is 0.272. The second kappa shape index (κ2) is 10.7. The van der Waals surface area contributed by atoms with E-state index in [1.165, 1.54) is 60.9 Å². The summed E-state index contributed by atoms with van der Waals surface area (Å²) in [7, 11) is -4.27. The molecule has 182 valence electrons. The molecule has 0 radical (unpaired) electrons. The minimum atomic E-state index is -4.27. The smallest absolute Gasteiger partial charge is 0.339 e. The van der Waals surface area contributed by atoms with E-state index < -0.39 is 15.0 Å². The predicted molar refractivity (Wildman–Crippen MR) is 129 cm³/mol. The number of non-ortho nitro benzene ring substituents is 1. The first kappa shape index (κ1) is 24.4. The maximum absolute atomic E-state index is 12.5. The van der Waals surface area contributed by atoms with Crippen molar-refractivity contribution in [2.45, 2.75) is 30.8 Å². The first-order valence-corrected chi connectivity index (χ1v) is 12.6. The van der Waals surface area contributed by atoms with Gasteiger partial charge in [-0.1, -0.05) is 30.3 Å². The van der Waals surface area contributed by atoms with E-state index in [4.69, 9.17) is 4.18 Å². The summed E-state index contributed by atoms with van der Waals surface area (Å²) in [6.45, 7) is 3.59. The van der Waals surface area contributed by atoms with Gasteiger partial charge in [0.25, 0.3) is 11.6 Å². The van der Waals surface area contributed by atoms with Crippen LogP contribution < -0.4 is 9.50 Å². The molecule has 3 aromatic carbocycles. The van der Waals surface area contributed by atoms with Crippen LogP contribution in [0.2, 0.25) is 0 Å². The van der Waals surface area contributed by atoms with Crippen molar-refractivity contribution in [1.82, 2.24) is 10.2 Å². The lowest BCUT2D eigenvalue weighted by molar-refractivity contribution is -0.385. The first-order chi connectivity index (χ1) is 16.8. The molecule has 3 aromatic rings. The zero-order valence-electron chi connectivity index (χ0n) is 18.9. The van der Waals surface area contributed by atoms with Crippen LogP contribution in [0.25, 0.3) is 0 Å². The number of nitrogens with zero attached hydrogens (tertiary/aromatic N) is 2. The number of benzene rings is 3. The number of amides is 1. The highest BCUT2D eigenvalue weighted by Gasteiger charge is 2.20. The average Bonchev–Trinajstić information content (AvgIpc) is 3.37. The fourth-order valence-electron chi connectivity index (χ4n) is 3.84. The van der Waals surface area contributed by atoms with E-state index in [2.05, 4.69) is 22.3 Å². The van der Waals surface area contributed by atoms with E-state index in [1.54, 1.807) is 0 Å². The SMILES string of the molecule is O=C(NCc1ccc(CN2CCCC2)cc1)c1ccc(OS(=O)(=O)c2cccc([N+](=O)[O-])c2)cc1. The molecule has 1 aliphatic heterocycles. The summed E-state index contributed by atoms with van der Waals surface area (Å²) < 4.78 is 30.0. The number of carbonyl (C=O) groups is 1. The summed E-state index contributed by atoms with van der Waals surface area (Å²) in [5, 5.41) is 13.7. The van der Waals surface area contributed by atoms with Crippen LogP contribution in [0.15, 0.2) is 77.7 Å². The molecule has 0 aromatic heterocycles. The molecule has 4 rings (SSSR count). The third kappa shape index (κ3) is 6.43. The number of carbonyl (C=O) groups excluding carboxylic acids is 1. The van der Waals surface area contributed by atoms with Crippen molar-refractivity contribution in [2.24, 2.45) is 0 Å². The summed E-state index contributed by atoms with van der Waals surface area (Å²) in [4.78, 5) is 24.8. The minimum absolute atomic E-state index is 0.0124. The number of hydrogen-bond donors (Lipinski definition) is 1. The van der Waals surface area contributed by atoms with Gasteiger partial charge < -0.3 is 9.50 Å². The number of nitro benzene ring substituents is 1. The summed E-state index contributed by atoms with van der Waals surface area (Å²) in [5.74, 6) is -0.319. The Morgan fingerprint density at radius 1 is 0.971 bits per heavy atom. The van der Waals surface area contributed by atoms with E-state index in [0.29, 0.717) is 12.1 Å². The molecule has 1 heterocycles. The van der Waals surface area contributed by atoms with Crippen LogP contribution in [0.4, 0.5) is 5.69 Å². The van der Waals surface area contributed by atoms with Crippen molar-refractivity contribution in [2.75, 3.05) is 13.1 Å². The van der Waals surface area contributed by atoms with Gasteiger partial charge in [-0.25, -0.2) is 0 Å². The fourth-order valence-corrected chi connectivity index (χ4v) is 4.81. The molecule has 1 amide bonds. The Morgan fingerprint density at radius 2 is 1.63 bits per heavy atom. The Morgan fingerprint density at radius 3 is 2.29 bits per heavy atom. The van der Waals surface area contributed by atoms with Gasteiger partial charge in [-0.05, 0) is 67.4 Å². The largest absolute Gasteiger partial charge is 0.379 e. The van der Waals surface area contributed by atoms with Gasteiger partial charge in [0.1, 0.15) is 10.6 Å². The second-order valence-electron chi connectivity index (χ2n) is 8.30. The number of likely N-dealkylation sites (tertiary alicyclic amines) is 1. The predicted octanol–water partition coefficient (Wildman–Crippen LogP) is 3.89. The average molecular weight is 496 g/mol. The Hall–Kier alpha value is -3.76. The lowest BCUT2D eigenvalue weighted by atomic mass is 10.1. The van der Waals surface area contributed by atoms with E-state index in [1.807, 2.05) is 12.1 Å². The summed E-state index contributed by atoms with van der Waals surface area (Å²) in [5.41, 5.74) is 2.21. The van der Waals surface area contributed by atoms with Crippen LogP contribution in [-0.4, -0.2) is 37.2 Å². The van der Waals surface area contributed by atoms with Crippen molar-refractivity contribution in [1.29, 1.82) is 0 Å². The standard InChI is InChI=1S/C25H25N3O6S/c29-25(26-17-19-6-8-20(9-7-19)18-27-14-1-2-15-27)21-10-12-23(13-11-21)34-35(32,33)24-5-3-4-22(16-24)28(30)31/h3-13,16H,1-2,14-15,17-18H2,(H,26,29). The van der Waals surface area contributed by atoms with Crippen LogP contribution in [0, 0.1) is 10.1 Å². The molecule has 9 nitrogen and oxygen atoms in total. The number of nitrogens with one attached hydrogen (secondary N) is 1. The Kier molecular flexibility index (Phi) is 7.42. The van der Waals surface area contributed by atoms with Gasteiger partial charge in [-0.15, -0.1) is 0 Å². The normalized spacial score (nSPS) is 13.9. The molecule has 1 aliphatic rings. The Bertz CT molecular complexity index is 1300. The van der Waals surface area contributed by atoms with E-state index in [9.17, 15) is 23.3 Å². The number of rotatable bonds is 9. The van der Waals surface area contributed by atoms with Gasteiger partial charge >= 0.3 is 10.1 Å². The van der Waals surface area contributed by atoms with Gasteiger partial charge in [0.15, 0.2) is 0 Å². The molecule has 1 N–H and O–H groups in total. The number of hydrogen-bond acceptors (Lipinski definition) is 7. The molecule has 0 spiro atoms. The zero-order valence-corrected chi connectivity index (χ0v) is 19.7. The molecule has 0 aliphatic carbocycles. The van der Waals surface area contributed by atoms with Crippen molar-refractivity contribution >= 4 is 21.7 Å². The third-order valence-electron chi connectivity index (χ3n) is 5.72. The summed E-state index contributed by atoms with van der Waals surface area (Å²) >= 11 is 0. The lowest BCUT2D eigenvalue weighted by Gasteiger charge is -2.14. The molecule has 0 unspecified atom stereocenters. The molecule has 0 bridgehead atoms. The van der Waals surface area contributed by atoms with Gasteiger partial charge in [0.2, 0.25) is 0 Å². The van der Waals surface area contributed by atoms with E-state index in [0.717, 1.165) is 31.3 Å². The maximum atomic E-state index is 12.5. The molecule has 0 atom stereocenters. The van der Waals surface area contributed by atoms with Gasteiger partial charge in [-0.3, -0.25) is 19.8 Å². The molecule has 1 saturated heterocycles. The monoisotopic (exact) mass is 495 g/mol. The van der Waals surface area contributed by atoms with Crippen molar-refractivity contribution in [3.05, 3.63) is 99.6 Å².